The lowest BCUT2D eigenvalue weighted by Gasteiger charge is -2.29. The van der Waals surface area contributed by atoms with Crippen molar-refractivity contribution in [2.75, 3.05) is 4.90 Å². The molecule has 10 aromatic carbocycles. The zero-order valence-corrected chi connectivity index (χ0v) is 32.9. The van der Waals surface area contributed by atoms with Gasteiger partial charge in [-0.25, -0.2) is 0 Å². The molecule has 1 aliphatic rings. The van der Waals surface area contributed by atoms with E-state index in [1.165, 1.54) is 60.3 Å². The summed E-state index contributed by atoms with van der Waals surface area (Å²) in [6, 6.07) is 73.0. The Balaban J connectivity index is 1.20. The van der Waals surface area contributed by atoms with Crippen LogP contribution >= 0.6 is 0 Å². The third-order valence-corrected chi connectivity index (χ3v) is 12.9. The van der Waals surface area contributed by atoms with Gasteiger partial charge < -0.3 is 9.32 Å². The average molecular weight is 754 g/mol. The van der Waals surface area contributed by atoms with Crippen LogP contribution in [0.2, 0.25) is 0 Å². The van der Waals surface area contributed by atoms with Gasteiger partial charge in [-0.2, -0.15) is 0 Å². The van der Waals surface area contributed by atoms with Crippen molar-refractivity contribution in [2.24, 2.45) is 0 Å². The molecule has 12 rings (SSSR count). The van der Waals surface area contributed by atoms with Crippen molar-refractivity contribution < 1.29 is 4.42 Å². The van der Waals surface area contributed by atoms with Gasteiger partial charge in [-0.05, 0) is 102 Å². The fourth-order valence-electron chi connectivity index (χ4n) is 10.0. The number of benzene rings is 10. The minimum absolute atomic E-state index is 0.157. The van der Waals surface area contributed by atoms with Crippen LogP contribution in [0.1, 0.15) is 25.0 Å². The summed E-state index contributed by atoms with van der Waals surface area (Å²) in [5.74, 6) is 0. The van der Waals surface area contributed by atoms with Gasteiger partial charge in [0.2, 0.25) is 0 Å². The van der Waals surface area contributed by atoms with Crippen molar-refractivity contribution >= 4 is 71.3 Å². The normalized spacial score (nSPS) is 13.1. The Morgan fingerprint density at radius 2 is 0.949 bits per heavy atom. The summed E-state index contributed by atoms with van der Waals surface area (Å²) in [5, 5.41) is 9.34. The van der Waals surface area contributed by atoms with Crippen LogP contribution in [-0.4, -0.2) is 0 Å². The molecule has 0 radical (unpaired) electrons. The molecule has 0 saturated heterocycles. The van der Waals surface area contributed by atoms with Crippen LogP contribution in [0.4, 0.5) is 17.1 Å². The van der Waals surface area contributed by atoms with Crippen LogP contribution in [0, 0.1) is 0 Å². The number of anilines is 3. The van der Waals surface area contributed by atoms with Gasteiger partial charge in [0.05, 0.1) is 11.1 Å². The van der Waals surface area contributed by atoms with E-state index in [2.05, 4.69) is 219 Å². The Labute approximate surface area is 343 Å². The van der Waals surface area contributed by atoms with Gasteiger partial charge in [-0.1, -0.05) is 178 Å². The Morgan fingerprint density at radius 1 is 0.373 bits per heavy atom. The Hall–Kier alpha value is -7.42. The maximum absolute atomic E-state index is 7.37. The number of fused-ring (bicyclic) bond motifs is 12. The van der Waals surface area contributed by atoms with Gasteiger partial charge in [-0.3, -0.25) is 0 Å². The zero-order chi connectivity index (χ0) is 39.2. The molecule has 11 aromatic rings. The highest BCUT2D eigenvalue weighted by molar-refractivity contribution is 6.33. The van der Waals surface area contributed by atoms with Gasteiger partial charge in [0.1, 0.15) is 11.2 Å². The number of hydrogen-bond donors (Lipinski definition) is 0. The molecule has 59 heavy (non-hydrogen) atoms. The second-order valence-corrected chi connectivity index (χ2v) is 16.4. The monoisotopic (exact) mass is 753 g/mol. The largest absolute Gasteiger partial charge is 0.455 e. The maximum atomic E-state index is 7.37. The van der Waals surface area contributed by atoms with Gasteiger partial charge in [0, 0.05) is 33.1 Å². The molecule has 1 aromatic heterocycles. The summed E-state index contributed by atoms with van der Waals surface area (Å²) in [7, 11) is 0. The van der Waals surface area contributed by atoms with Crippen molar-refractivity contribution in [3.8, 4) is 33.4 Å². The molecule has 0 N–H and O–H groups in total. The molecular formula is C57H39NO. The summed E-state index contributed by atoms with van der Waals surface area (Å²) in [5.41, 5.74) is 14.8. The van der Waals surface area contributed by atoms with E-state index in [0.717, 1.165) is 55.5 Å². The smallest absolute Gasteiger partial charge is 0.145 e. The molecule has 2 heteroatoms. The third-order valence-electron chi connectivity index (χ3n) is 12.9. The minimum Gasteiger partial charge on any atom is -0.455 e. The van der Waals surface area contributed by atoms with Crippen LogP contribution in [0.3, 0.4) is 0 Å². The molecule has 0 spiro atoms. The molecule has 0 fully saturated rings. The van der Waals surface area contributed by atoms with Gasteiger partial charge in [0.25, 0.3) is 0 Å². The lowest BCUT2D eigenvalue weighted by atomic mass is 9.82. The highest BCUT2D eigenvalue weighted by atomic mass is 16.3. The maximum Gasteiger partial charge on any atom is 0.145 e. The van der Waals surface area contributed by atoms with E-state index in [0.29, 0.717) is 0 Å². The van der Waals surface area contributed by atoms with E-state index in [4.69, 9.17) is 4.42 Å². The molecule has 0 saturated carbocycles. The summed E-state index contributed by atoms with van der Waals surface area (Å²) in [6.45, 7) is 4.72. The SMILES string of the molecule is CC1(C)c2ccccc2-c2ccc(N(c3ccc(-c4ccccc4)cc3)c3ccc(-c4cccc5ccccc45)c4oc5c6ccccc6c6ccccc6c5c34)cc21. The van der Waals surface area contributed by atoms with Gasteiger partial charge in [-0.15, -0.1) is 0 Å². The highest BCUT2D eigenvalue weighted by Gasteiger charge is 2.36. The minimum atomic E-state index is -0.157. The van der Waals surface area contributed by atoms with Crippen molar-refractivity contribution in [3.05, 3.63) is 211 Å². The van der Waals surface area contributed by atoms with Crippen molar-refractivity contribution in [1.29, 1.82) is 0 Å². The average Bonchev–Trinajstić information content (AvgIpc) is 3.81. The predicted molar refractivity (Wildman–Crippen MR) is 249 cm³/mol. The third kappa shape index (κ3) is 5.00. The van der Waals surface area contributed by atoms with E-state index in [1.54, 1.807) is 0 Å². The number of nitrogens with zero attached hydrogens (tertiary/aromatic N) is 1. The Kier molecular flexibility index (Phi) is 7.31. The molecule has 0 atom stereocenters. The fourth-order valence-corrected chi connectivity index (χ4v) is 10.0. The van der Waals surface area contributed by atoms with E-state index >= 15 is 0 Å². The molecule has 1 heterocycles. The van der Waals surface area contributed by atoms with E-state index < -0.39 is 0 Å². The van der Waals surface area contributed by atoms with Crippen molar-refractivity contribution in [1.82, 2.24) is 0 Å². The molecule has 2 nitrogen and oxygen atoms in total. The number of furan rings is 1. The Bertz CT molecular complexity index is 3460. The molecule has 1 aliphatic carbocycles. The van der Waals surface area contributed by atoms with E-state index in [9.17, 15) is 0 Å². The summed E-state index contributed by atoms with van der Waals surface area (Å²) >= 11 is 0. The van der Waals surface area contributed by atoms with Crippen LogP contribution in [0.15, 0.2) is 205 Å². The van der Waals surface area contributed by atoms with Crippen molar-refractivity contribution in [2.45, 2.75) is 19.3 Å². The van der Waals surface area contributed by atoms with Crippen LogP contribution in [0.5, 0.6) is 0 Å². The van der Waals surface area contributed by atoms with Crippen LogP contribution < -0.4 is 4.90 Å². The second-order valence-electron chi connectivity index (χ2n) is 16.4. The summed E-state index contributed by atoms with van der Waals surface area (Å²) < 4.78 is 7.37. The number of hydrogen-bond acceptors (Lipinski definition) is 2. The zero-order valence-electron chi connectivity index (χ0n) is 32.9. The predicted octanol–water partition coefficient (Wildman–Crippen LogP) is 16.2. The van der Waals surface area contributed by atoms with Gasteiger partial charge >= 0.3 is 0 Å². The first-order valence-corrected chi connectivity index (χ1v) is 20.5. The first kappa shape index (κ1) is 33.7. The first-order valence-electron chi connectivity index (χ1n) is 20.5. The Morgan fingerprint density at radius 3 is 1.76 bits per heavy atom. The van der Waals surface area contributed by atoms with Crippen LogP contribution in [0.25, 0.3) is 87.6 Å². The highest BCUT2D eigenvalue weighted by Crippen LogP contribution is 2.53. The molecule has 0 unspecified atom stereocenters. The molecular weight excluding hydrogens is 715 g/mol. The lowest BCUT2D eigenvalue weighted by molar-refractivity contribution is 0.660. The lowest BCUT2D eigenvalue weighted by Crippen LogP contribution is -2.16. The molecule has 278 valence electrons. The first-order chi connectivity index (χ1) is 29.0. The van der Waals surface area contributed by atoms with E-state index in [1.807, 2.05) is 0 Å². The van der Waals surface area contributed by atoms with Crippen molar-refractivity contribution in [3.63, 3.8) is 0 Å². The topological polar surface area (TPSA) is 16.4 Å². The fraction of sp³-hybridized carbons (Fsp3) is 0.0526. The van der Waals surface area contributed by atoms with Gasteiger partial charge in [0.15, 0.2) is 0 Å². The quantitative estimate of drug-likeness (QED) is 0.163. The molecule has 0 aliphatic heterocycles. The standard InChI is InChI=1S/C57H39NO/c1-57(2)50-26-13-12-22-45(50)46-32-31-40(35-51(46)57)58(39-29-27-37(28-30-39)36-15-4-3-5-16-36)52-34-33-49(42-25-14-18-38-17-6-7-19-41(38)42)56-54(52)53-47-23-10-8-20-43(47)44-21-9-11-24-48(44)55(53)59-56/h3-35H,1-2H3. The number of rotatable bonds is 5. The van der Waals surface area contributed by atoms with E-state index in [-0.39, 0.29) is 5.41 Å². The second kappa shape index (κ2) is 12.8. The van der Waals surface area contributed by atoms with Crippen LogP contribution in [-0.2, 0) is 5.41 Å². The summed E-state index contributed by atoms with van der Waals surface area (Å²) in [4.78, 5) is 2.46. The molecule has 0 bridgehead atoms. The summed E-state index contributed by atoms with van der Waals surface area (Å²) in [6.07, 6.45) is 0. The molecule has 0 amide bonds.